The van der Waals surface area contributed by atoms with Crippen LogP contribution in [0.2, 0.25) is 0 Å². The predicted molar refractivity (Wildman–Crippen MR) is 81.7 cm³/mol. The molecule has 2 unspecified atom stereocenters. The van der Waals surface area contributed by atoms with Crippen molar-refractivity contribution >= 4 is 0 Å². The average molecular weight is 276 g/mol. The molecule has 2 atom stereocenters. The summed E-state index contributed by atoms with van der Waals surface area (Å²) in [4.78, 5) is 2.54. The quantitative estimate of drug-likeness (QED) is 0.919. The zero-order valence-electron chi connectivity index (χ0n) is 13.1. The summed E-state index contributed by atoms with van der Waals surface area (Å²) in [6, 6.07) is 2.14. The van der Waals surface area contributed by atoms with Crippen LogP contribution in [0.15, 0.2) is 12.3 Å². The largest absolute Gasteiger partial charge is 0.388 e. The Bertz CT molecular complexity index is 477. The van der Waals surface area contributed by atoms with Crippen LogP contribution in [0.25, 0.3) is 0 Å². The van der Waals surface area contributed by atoms with Crippen molar-refractivity contribution in [1.29, 1.82) is 0 Å². The van der Waals surface area contributed by atoms with Crippen LogP contribution in [0.3, 0.4) is 0 Å². The van der Waals surface area contributed by atoms with Crippen LogP contribution < -0.4 is 0 Å². The second-order valence-electron chi connectivity index (χ2n) is 7.48. The molecule has 1 fully saturated rings. The number of fused-ring (bicyclic) bond motifs is 1. The monoisotopic (exact) mass is 276 g/mol. The van der Waals surface area contributed by atoms with Crippen LogP contribution in [0.5, 0.6) is 0 Å². The van der Waals surface area contributed by atoms with Gasteiger partial charge in [-0.15, -0.1) is 0 Å². The average Bonchev–Trinajstić information content (AvgIpc) is 2.96. The van der Waals surface area contributed by atoms with Crippen LogP contribution in [0.4, 0.5) is 0 Å². The topological polar surface area (TPSA) is 28.4 Å². The third kappa shape index (κ3) is 2.66. The Balaban J connectivity index is 1.76. The summed E-state index contributed by atoms with van der Waals surface area (Å²) >= 11 is 0. The molecular weight excluding hydrogens is 248 g/mol. The number of hydrogen-bond donors (Lipinski definition) is 1. The molecule has 1 aromatic heterocycles. The number of aromatic nitrogens is 1. The van der Waals surface area contributed by atoms with Crippen LogP contribution in [0, 0.1) is 11.3 Å². The van der Waals surface area contributed by atoms with Crippen molar-refractivity contribution in [2.75, 3.05) is 19.6 Å². The van der Waals surface area contributed by atoms with Gasteiger partial charge in [-0.05, 0) is 49.8 Å². The highest BCUT2D eigenvalue weighted by Crippen LogP contribution is 2.41. The van der Waals surface area contributed by atoms with Crippen molar-refractivity contribution < 1.29 is 5.11 Å². The van der Waals surface area contributed by atoms with E-state index in [2.05, 4.69) is 42.5 Å². The Labute approximate surface area is 122 Å². The van der Waals surface area contributed by atoms with Crippen molar-refractivity contribution in [3.05, 3.63) is 23.5 Å². The van der Waals surface area contributed by atoms with Gasteiger partial charge in [0.15, 0.2) is 0 Å². The molecule has 1 N–H and O–H groups in total. The maximum Gasteiger partial charge on any atom is 0.0812 e. The molecular formula is C17H28N2O. The lowest BCUT2D eigenvalue weighted by atomic mass is 9.75. The molecule has 0 aromatic carbocycles. The van der Waals surface area contributed by atoms with Crippen LogP contribution in [0.1, 0.15) is 51.0 Å². The van der Waals surface area contributed by atoms with Gasteiger partial charge < -0.3 is 14.6 Å². The molecule has 2 aliphatic rings. The Kier molecular flexibility index (Phi) is 3.67. The first kappa shape index (κ1) is 14.2. The van der Waals surface area contributed by atoms with Crippen molar-refractivity contribution in [1.82, 2.24) is 9.47 Å². The molecule has 0 bridgehead atoms. The highest BCUT2D eigenvalue weighted by molar-refractivity contribution is 5.29. The number of aliphatic hydroxyl groups excluding tert-OH is 1. The minimum absolute atomic E-state index is 0.216. The van der Waals surface area contributed by atoms with Crippen molar-refractivity contribution in [3.63, 3.8) is 0 Å². The van der Waals surface area contributed by atoms with Gasteiger partial charge in [-0.1, -0.05) is 20.8 Å². The third-order valence-electron chi connectivity index (χ3n) is 5.14. The number of likely N-dealkylation sites (tertiary alicyclic amines) is 1. The number of hydrogen-bond acceptors (Lipinski definition) is 2. The van der Waals surface area contributed by atoms with E-state index in [0.29, 0.717) is 0 Å². The first-order valence-electron chi connectivity index (χ1n) is 8.07. The van der Waals surface area contributed by atoms with E-state index in [1.807, 2.05) is 0 Å². The summed E-state index contributed by atoms with van der Waals surface area (Å²) in [6.07, 6.45) is 5.22. The molecule has 3 heteroatoms. The van der Waals surface area contributed by atoms with E-state index >= 15 is 0 Å². The van der Waals surface area contributed by atoms with Crippen LogP contribution in [-0.2, 0) is 13.0 Å². The minimum Gasteiger partial charge on any atom is -0.388 e. The van der Waals surface area contributed by atoms with E-state index in [0.717, 1.165) is 25.3 Å². The molecule has 1 aromatic rings. The van der Waals surface area contributed by atoms with Gasteiger partial charge in [0.2, 0.25) is 0 Å². The Morgan fingerprint density at radius 1 is 1.40 bits per heavy atom. The lowest BCUT2D eigenvalue weighted by Crippen LogP contribution is -2.28. The van der Waals surface area contributed by atoms with Gasteiger partial charge in [0, 0.05) is 30.5 Å². The first-order chi connectivity index (χ1) is 9.48. The van der Waals surface area contributed by atoms with Crippen molar-refractivity contribution in [3.8, 4) is 0 Å². The van der Waals surface area contributed by atoms with Crippen molar-refractivity contribution in [2.24, 2.45) is 11.3 Å². The number of aliphatic hydroxyl groups is 1. The summed E-state index contributed by atoms with van der Waals surface area (Å²) < 4.78 is 2.42. The number of rotatable bonds is 3. The third-order valence-corrected chi connectivity index (χ3v) is 5.14. The van der Waals surface area contributed by atoms with E-state index in [-0.39, 0.29) is 11.5 Å². The Morgan fingerprint density at radius 2 is 2.20 bits per heavy atom. The molecule has 2 heterocycles. The molecule has 112 valence electrons. The summed E-state index contributed by atoms with van der Waals surface area (Å²) in [5.74, 6) is 0.772. The normalized spacial score (nSPS) is 29.6. The Hall–Kier alpha value is -0.800. The molecule has 0 radical (unpaired) electrons. The summed E-state index contributed by atoms with van der Waals surface area (Å²) in [6.45, 7) is 11.6. The SMILES string of the molecule is CCN1CCC(Cn2ccc3c2CC(C)(C)CC3O)C1. The molecule has 3 rings (SSSR count). The van der Waals surface area contributed by atoms with Gasteiger partial charge in [0.1, 0.15) is 0 Å². The standard InChI is InChI=1S/C17H28N2O/c1-4-18-7-5-13(11-18)12-19-8-6-14-15(19)9-17(2,3)10-16(14)20/h6,8,13,16,20H,4-5,7,9-12H2,1-3H3. The fourth-order valence-electron chi connectivity index (χ4n) is 3.99. The lowest BCUT2D eigenvalue weighted by molar-refractivity contribution is 0.0976. The van der Waals surface area contributed by atoms with E-state index in [1.54, 1.807) is 0 Å². The molecule has 1 aliphatic heterocycles. The first-order valence-corrected chi connectivity index (χ1v) is 8.07. The smallest absolute Gasteiger partial charge is 0.0812 e. The maximum atomic E-state index is 10.3. The molecule has 0 amide bonds. The second kappa shape index (κ2) is 5.19. The zero-order chi connectivity index (χ0) is 14.3. The van der Waals surface area contributed by atoms with Crippen LogP contribution in [-0.4, -0.2) is 34.2 Å². The maximum absolute atomic E-state index is 10.3. The van der Waals surface area contributed by atoms with E-state index in [4.69, 9.17) is 0 Å². The molecule has 0 spiro atoms. The van der Waals surface area contributed by atoms with Crippen molar-refractivity contribution in [2.45, 2.75) is 52.7 Å². The molecule has 1 saturated heterocycles. The zero-order valence-corrected chi connectivity index (χ0v) is 13.1. The lowest BCUT2D eigenvalue weighted by Gasteiger charge is -2.34. The number of nitrogens with zero attached hydrogens (tertiary/aromatic N) is 2. The van der Waals surface area contributed by atoms with Gasteiger partial charge in [-0.3, -0.25) is 0 Å². The predicted octanol–water partition coefficient (Wildman–Crippen LogP) is 2.84. The molecule has 20 heavy (non-hydrogen) atoms. The highest BCUT2D eigenvalue weighted by Gasteiger charge is 2.33. The van der Waals surface area contributed by atoms with Gasteiger partial charge in [0.25, 0.3) is 0 Å². The molecule has 1 aliphatic carbocycles. The van der Waals surface area contributed by atoms with E-state index in [9.17, 15) is 5.11 Å². The minimum atomic E-state index is -0.272. The van der Waals surface area contributed by atoms with Gasteiger partial charge >= 0.3 is 0 Å². The molecule has 3 nitrogen and oxygen atoms in total. The summed E-state index contributed by atoms with van der Waals surface area (Å²) in [5, 5.41) is 10.3. The summed E-state index contributed by atoms with van der Waals surface area (Å²) in [5.41, 5.74) is 2.77. The van der Waals surface area contributed by atoms with E-state index < -0.39 is 0 Å². The molecule has 0 saturated carbocycles. The fourth-order valence-corrected chi connectivity index (χ4v) is 3.99. The fraction of sp³-hybridized carbons (Fsp3) is 0.765. The summed E-state index contributed by atoms with van der Waals surface area (Å²) in [7, 11) is 0. The van der Waals surface area contributed by atoms with Gasteiger partial charge in [0.05, 0.1) is 6.10 Å². The van der Waals surface area contributed by atoms with Gasteiger partial charge in [-0.2, -0.15) is 0 Å². The second-order valence-corrected chi connectivity index (χ2v) is 7.48. The Morgan fingerprint density at radius 3 is 2.90 bits per heavy atom. The van der Waals surface area contributed by atoms with Gasteiger partial charge in [-0.25, -0.2) is 0 Å². The van der Waals surface area contributed by atoms with E-state index in [1.165, 1.54) is 37.3 Å². The van der Waals surface area contributed by atoms with Crippen LogP contribution >= 0.6 is 0 Å². The highest BCUT2D eigenvalue weighted by atomic mass is 16.3.